The Morgan fingerprint density at radius 3 is 2.53 bits per heavy atom. The van der Waals surface area contributed by atoms with Crippen molar-refractivity contribution in [1.82, 2.24) is 0 Å². The number of aryl methyl sites for hydroxylation is 1. The zero-order valence-corrected chi connectivity index (χ0v) is 10.8. The van der Waals surface area contributed by atoms with Crippen molar-refractivity contribution >= 4 is 0 Å². The molecule has 1 aromatic carbocycles. The summed E-state index contributed by atoms with van der Waals surface area (Å²) >= 11 is 0. The average molecular weight is 232 g/mol. The summed E-state index contributed by atoms with van der Waals surface area (Å²) in [7, 11) is 0. The third kappa shape index (κ3) is 4.13. The minimum atomic E-state index is -0.106. The first-order valence-corrected chi connectivity index (χ1v) is 6.08. The highest BCUT2D eigenvalue weighted by atomic mass is 16.5. The van der Waals surface area contributed by atoms with E-state index in [9.17, 15) is 0 Å². The molecule has 0 aliphatic rings. The van der Waals surface area contributed by atoms with E-state index in [0.717, 1.165) is 29.7 Å². The number of aliphatic hydroxyl groups is 1. The molecular formula is C15H20O2. The SMILES string of the molecule is CCC(CC)Oc1ccc(C#CCO)cc1C. The minimum Gasteiger partial charge on any atom is -0.490 e. The molecule has 1 rings (SSSR count). The molecule has 0 bridgehead atoms. The van der Waals surface area contributed by atoms with Crippen LogP contribution in [0.1, 0.15) is 37.8 Å². The molecule has 0 unspecified atom stereocenters. The molecule has 0 saturated carbocycles. The molecule has 0 aliphatic heterocycles. The lowest BCUT2D eigenvalue weighted by Crippen LogP contribution is -2.14. The van der Waals surface area contributed by atoms with Crippen molar-refractivity contribution < 1.29 is 9.84 Å². The molecule has 17 heavy (non-hydrogen) atoms. The summed E-state index contributed by atoms with van der Waals surface area (Å²) in [6, 6.07) is 5.86. The molecule has 0 fully saturated rings. The maximum Gasteiger partial charge on any atom is 0.122 e. The molecule has 0 atom stereocenters. The fourth-order valence-corrected chi connectivity index (χ4v) is 1.64. The Balaban J connectivity index is 2.82. The Labute approximate surface area is 104 Å². The predicted molar refractivity (Wildman–Crippen MR) is 70.1 cm³/mol. The molecule has 0 aromatic heterocycles. The van der Waals surface area contributed by atoms with Crippen LogP contribution < -0.4 is 4.74 Å². The number of rotatable bonds is 4. The van der Waals surface area contributed by atoms with Gasteiger partial charge in [0.25, 0.3) is 0 Å². The highest BCUT2D eigenvalue weighted by molar-refractivity contribution is 5.43. The normalized spacial score (nSPS) is 9.94. The smallest absolute Gasteiger partial charge is 0.122 e. The lowest BCUT2D eigenvalue weighted by atomic mass is 10.1. The molecule has 92 valence electrons. The van der Waals surface area contributed by atoms with E-state index in [1.54, 1.807) is 0 Å². The van der Waals surface area contributed by atoms with Crippen molar-refractivity contribution in [3.63, 3.8) is 0 Å². The van der Waals surface area contributed by atoms with Crippen LogP contribution in [0.2, 0.25) is 0 Å². The van der Waals surface area contributed by atoms with Gasteiger partial charge < -0.3 is 9.84 Å². The van der Waals surface area contributed by atoms with Gasteiger partial charge in [0.2, 0.25) is 0 Å². The topological polar surface area (TPSA) is 29.5 Å². The lowest BCUT2D eigenvalue weighted by Gasteiger charge is -2.17. The predicted octanol–water partition coefficient (Wildman–Crippen LogP) is 2.91. The third-order valence-electron chi connectivity index (χ3n) is 2.69. The molecular weight excluding hydrogens is 212 g/mol. The second-order valence-corrected chi connectivity index (χ2v) is 4.00. The monoisotopic (exact) mass is 232 g/mol. The second kappa shape index (κ2) is 6.98. The van der Waals surface area contributed by atoms with Crippen LogP contribution >= 0.6 is 0 Å². The zero-order chi connectivity index (χ0) is 12.7. The van der Waals surface area contributed by atoms with E-state index in [4.69, 9.17) is 9.84 Å². The van der Waals surface area contributed by atoms with Crippen LogP contribution in [-0.4, -0.2) is 17.8 Å². The second-order valence-electron chi connectivity index (χ2n) is 4.00. The molecule has 0 aliphatic carbocycles. The molecule has 1 aromatic rings. The Morgan fingerprint density at radius 2 is 2.00 bits per heavy atom. The van der Waals surface area contributed by atoms with Gasteiger partial charge in [-0.1, -0.05) is 25.7 Å². The van der Waals surface area contributed by atoms with Gasteiger partial charge in [0, 0.05) is 5.56 Å². The van der Waals surface area contributed by atoms with Gasteiger partial charge in [-0.05, 0) is 43.5 Å². The van der Waals surface area contributed by atoms with Gasteiger partial charge in [-0.3, -0.25) is 0 Å². The fraction of sp³-hybridized carbons (Fsp3) is 0.467. The van der Waals surface area contributed by atoms with Crippen LogP contribution in [0.15, 0.2) is 18.2 Å². The van der Waals surface area contributed by atoms with Gasteiger partial charge in [-0.15, -0.1) is 0 Å². The standard InChI is InChI=1S/C15H20O2/c1-4-14(5-2)17-15-9-8-13(7-6-10-16)11-12(15)3/h8-9,11,14,16H,4-5,10H2,1-3H3. The first kappa shape index (κ1) is 13.6. The molecule has 0 saturated heterocycles. The van der Waals surface area contributed by atoms with Crippen molar-refractivity contribution in [2.75, 3.05) is 6.61 Å². The highest BCUT2D eigenvalue weighted by Gasteiger charge is 2.07. The maximum absolute atomic E-state index is 8.64. The van der Waals surface area contributed by atoms with E-state index >= 15 is 0 Å². The Kier molecular flexibility index (Phi) is 5.59. The van der Waals surface area contributed by atoms with Crippen LogP contribution in [0.4, 0.5) is 0 Å². The van der Waals surface area contributed by atoms with Gasteiger partial charge in [0.15, 0.2) is 0 Å². The van der Waals surface area contributed by atoms with Gasteiger partial charge in [-0.2, -0.15) is 0 Å². The highest BCUT2D eigenvalue weighted by Crippen LogP contribution is 2.21. The zero-order valence-electron chi connectivity index (χ0n) is 10.8. The summed E-state index contributed by atoms with van der Waals surface area (Å²) in [5, 5.41) is 8.64. The van der Waals surface area contributed by atoms with E-state index in [2.05, 4.69) is 25.7 Å². The van der Waals surface area contributed by atoms with E-state index in [-0.39, 0.29) is 12.7 Å². The summed E-state index contributed by atoms with van der Waals surface area (Å²) in [6.07, 6.45) is 2.31. The quantitative estimate of drug-likeness (QED) is 0.809. The van der Waals surface area contributed by atoms with Crippen LogP contribution in [0.25, 0.3) is 0 Å². The molecule has 2 heteroatoms. The van der Waals surface area contributed by atoms with Crippen LogP contribution in [0.3, 0.4) is 0 Å². The van der Waals surface area contributed by atoms with Crippen molar-refractivity contribution in [2.24, 2.45) is 0 Å². The van der Waals surface area contributed by atoms with E-state index in [0.29, 0.717) is 0 Å². The van der Waals surface area contributed by atoms with E-state index in [1.807, 2.05) is 25.1 Å². The molecule has 0 spiro atoms. The first-order valence-electron chi connectivity index (χ1n) is 6.08. The number of aliphatic hydroxyl groups excluding tert-OH is 1. The Hall–Kier alpha value is -1.46. The maximum atomic E-state index is 8.64. The van der Waals surface area contributed by atoms with Gasteiger partial charge in [0.1, 0.15) is 12.4 Å². The molecule has 2 nitrogen and oxygen atoms in total. The van der Waals surface area contributed by atoms with Crippen molar-refractivity contribution in [2.45, 2.75) is 39.7 Å². The molecule has 0 heterocycles. The molecule has 1 N–H and O–H groups in total. The van der Waals surface area contributed by atoms with Gasteiger partial charge in [0.05, 0.1) is 6.10 Å². The van der Waals surface area contributed by atoms with E-state index in [1.165, 1.54) is 0 Å². The third-order valence-corrected chi connectivity index (χ3v) is 2.69. The summed E-state index contributed by atoms with van der Waals surface area (Å²) in [5.74, 6) is 6.45. The van der Waals surface area contributed by atoms with Crippen LogP contribution in [-0.2, 0) is 0 Å². The van der Waals surface area contributed by atoms with Crippen LogP contribution in [0, 0.1) is 18.8 Å². The first-order chi connectivity index (χ1) is 8.21. The number of ether oxygens (including phenoxy) is 1. The molecule has 0 radical (unpaired) electrons. The lowest BCUT2D eigenvalue weighted by molar-refractivity contribution is 0.191. The summed E-state index contributed by atoms with van der Waals surface area (Å²) in [5.41, 5.74) is 2.00. The average Bonchev–Trinajstić information content (AvgIpc) is 2.35. The minimum absolute atomic E-state index is 0.106. The number of hydrogen-bond acceptors (Lipinski definition) is 2. The summed E-state index contributed by atoms with van der Waals surface area (Å²) < 4.78 is 5.91. The number of hydrogen-bond donors (Lipinski definition) is 1. The number of benzene rings is 1. The Bertz CT molecular complexity index is 409. The van der Waals surface area contributed by atoms with Crippen LogP contribution in [0.5, 0.6) is 5.75 Å². The largest absolute Gasteiger partial charge is 0.490 e. The Morgan fingerprint density at radius 1 is 1.29 bits per heavy atom. The summed E-state index contributed by atoms with van der Waals surface area (Å²) in [4.78, 5) is 0. The van der Waals surface area contributed by atoms with Crippen molar-refractivity contribution in [1.29, 1.82) is 0 Å². The van der Waals surface area contributed by atoms with Crippen molar-refractivity contribution in [3.8, 4) is 17.6 Å². The summed E-state index contributed by atoms with van der Waals surface area (Å²) in [6.45, 7) is 6.17. The van der Waals surface area contributed by atoms with Crippen molar-refractivity contribution in [3.05, 3.63) is 29.3 Å². The molecule has 0 amide bonds. The van der Waals surface area contributed by atoms with Gasteiger partial charge >= 0.3 is 0 Å². The van der Waals surface area contributed by atoms with E-state index < -0.39 is 0 Å². The fourth-order valence-electron chi connectivity index (χ4n) is 1.64. The van der Waals surface area contributed by atoms with Gasteiger partial charge in [-0.25, -0.2) is 0 Å².